The highest BCUT2D eigenvalue weighted by atomic mass is 16.3. The highest BCUT2D eigenvalue weighted by Gasteiger charge is 2.26. The third-order valence-corrected chi connectivity index (χ3v) is 6.53. The van der Waals surface area contributed by atoms with Crippen LogP contribution in [0.5, 0.6) is 5.75 Å². The Kier molecular flexibility index (Phi) is 6.23. The van der Waals surface area contributed by atoms with Crippen molar-refractivity contribution >= 4 is 0 Å². The second-order valence-electron chi connectivity index (χ2n) is 8.40. The minimum atomic E-state index is 0.0882. The van der Waals surface area contributed by atoms with E-state index < -0.39 is 0 Å². The van der Waals surface area contributed by atoms with E-state index in [1.165, 1.54) is 27.8 Å². The highest BCUT2D eigenvalue weighted by molar-refractivity contribution is 5.55. The predicted molar refractivity (Wildman–Crippen MR) is 130 cm³/mol. The summed E-state index contributed by atoms with van der Waals surface area (Å²) in [6.45, 7) is 6.72. The number of benzene rings is 4. The number of rotatable bonds is 6. The van der Waals surface area contributed by atoms with Crippen molar-refractivity contribution < 1.29 is 5.11 Å². The molecule has 1 N–H and O–H groups in total. The second-order valence-corrected chi connectivity index (χ2v) is 8.40. The van der Waals surface area contributed by atoms with Crippen molar-refractivity contribution in [3.63, 3.8) is 0 Å². The van der Waals surface area contributed by atoms with Crippen LogP contribution in [0.25, 0.3) is 0 Å². The molecule has 31 heavy (non-hydrogen) atoms. The Morgan fingerprint density at radius 2 is 0.839 bits per heavy atom. The lowest BCUT2D eigenvalue weighted by Gasteiger charge is -2.28. The molecule has 0 amide bonds. The Morgan fingerprint density at radius 3 is 1.29 bits per heavy atom. The summed E-state index contributed by atoms with van der Waals surface area (Å²) < 4.78 is 0. The van der Waals surface area contributed by atoms with Crippen LogP contribution < -0.4 is 0 Å². The SMILES string of the molecule is C[C@H](c1ccccc1)c1ccc(O)c([C@@H](C)c2ccccc2)c1[C@@H](C)c1ccccc1. The van der Waals surface area contributed by atoms with Crippen molar-refractivity contribution in [1.82, 2.24) is 0 Å². The molecular formula is C30H30O. The van der Waals surface area contributed by atoms with Gasteiger partial charge in [-0.05, 0) is 33.9 Å². The fourth-order valence-corrected chi connectivity index (χ4v) is 4.70. The first-order valence-corrected chi connectivity index (χ1v) is 11.1. The van der Waals surface area contributed by atoms with Crippen molar-refractivity contribution in [2.24, 2.45) is 0 Å². The summed E-state index contributed by atoms with van der Waals surface area (Å²) in [7, 11) is 0. The van der Waals surface area contributed by atoms with E-state index in [1.54, 1.807) is 0 Å². The van der Waals surface area contributed by atoms with Gasteiger partial charge in [-0.2, -0.15) is 0 Å². The zero-order valence-corrected chi connectivity index (χ0v) is 18.5. The van der Waals surface area contributed by atoms with Gasteiger partial charge in [0, 0.05) is 23.3 Å². The molecule has 0 unspecified atom stereocenters. The maximum Gasteiger partial charge on any atom is 0.119 e. The van der Waals surface area contributed by atoms with Crippen molar-refractivity contribution in [3.8, 4) is 5.75 Å². The summed E-state index contributed by atoms with van der Waals surface area (Å²) in [5.74, 6) is 0.851. The van der Waals surface area contributed by atoms with Gasteiger partial charge in [0.15, 0.2) is 0 Å². The van der Waals surface area contributed by atoms with Gasteiger partial charge in [0.1, 0.15) is 5.75 Å². The average Bonchev–Trinajstić information content (AvgIpc) is 2.84. The summed E-state index contributed by atoms with van der Waals surface area (Å²) >= 11 is 0. The predicted octanol–water partition coefficient (Wildman–Crippen LogP) is 7.85. The fourth-order valence-electron chi connectivity index (χ4n) is 4.70. The van der Waals surface area contributed by atoms with Gasteiger partial charge >= 0.3 is 0 Å². The quantitative estimate of drug-likeness (QED) is 0.346. The van der Waals surface area contributed by atoms with Crippen LogP contribution in [0, 0.1) is 0 Å². The molecule has 0 saturated heterocycles. The molecule has 0 saturated carbocycles. The minimum absolute atomic E-state index is 0.0882. The first-order valence-electron chi connectivity index (χ1n) is 11.1. The van der Waals surface area contributed by atoms with E-state index in [0.29, 0.717) is 5.75 Å². The zero-order valence-electron chi connectivity index (χ0n) is 18.5. The van der Waals surface area contributed by atoms with Crippen LogP contribution in [0.4, 0.5) is 0 Å². The largest absolute Gasteiger partial charge is 0.508 e. The van der Waals surface area contributed by atoms with Crippen molar-refractivity contribution in [3.05, 3.63) is 137 Å². The third kappa shape index (κ3) is 4.27. The summed E-state index contributed by atoms with van der Waals surface area (Å²) in [5, 5.41) is 11.1. The first-order chi connectivity index (χ1) is 15.1. The van der Waals surface area contributed by atoms with Gasteiger partial charge in [0.05, 0.1) is 0 Å². The van der Waals surface area contributed by atoms with Crippen LogP contribution in [0.3, 0.4) is 0 Å². The monoisotopic (exact) mass is 406 g/mol. The van der Waals surface area contributed by atoms with Gasteiger partial charge in [-0.25, -0.2) is 0 Å². The van der Waals surface area contributed by atoms with Crippen LogP contribution in [0.15, 0.2) is 103 Å². The van der Waals surface area contributed by atoms with E-state index >= 15 is 0 Å². The number of hydrogen-bond donors (Lipinski definition) is 1. The lowest BCUT2D eigenvalue weighted by molar-refractivity contribution is 0.463. The first kappa shape index (κ1) is 20.9. The lowest BCUT2D eigenvalue weighted by Crippen LogP contribution is -2.12. The van der Waals surface area contributed by atoms with Gasteiger partial charge < -0.3 is 5.11 Å². The van der Waals surface area contributed by atoms with Gasteiger partial charge in [-0.1, -0.05) is 118 Å². The Hall–Kier alpha value is -3.32. The Balaban J connectivity index is 1.93. The maximum absolute atomic E-state index is 11.1. The molecule has 0 spiro atoms. The van der Waals surface area contributed by atoms with Crippen molar-refractivity contribution in [2.75, 3.05) is 0 Å². The number of aromatic hydroxyl groups is 1. The van der Waals surface area contributed by atoms with E-state index in [4.69, 9.17) is 0 Å². The maximum atomic E-state index is 11.1. The van der Waals surface area contributed by atoms with Gasteiger partial charge in [-0.3, -0.25) is 0 Å². The summed E-state index contributed by atoms with van der Waals surface area (Å²) in [6, 6.07) is 35.7. The molecule has 0 fully saturated rings. The number of hydrogen-bond acceptors (Lipinski definition) is 1. The summed E-state index contributed by atoms with van der Waals surface area (Å²) in [4.78, 5) is 0. The molecule has 4 rings (SSSR count). The molecule has 1 nitrogen and oxygen atoms in total. The number of phenolic OH excluding ortho intramolecular Hbond substituents is 1. The third-order valence-electron chi connectivity index (χ3n) is 6.53. The zero-order chi connectivity index (χ0) is 21.8. The molecule has 0 aliphatic heterocycles. The van der Waals surface area contributed by atoms with Crippen LogP contribution in [-0.2, 0) is 0 Å². The average molecular weight is 407 g/mol. The summed E-state index contributed by atoms with van der Waals surface area (Å²) in [6.07, 6.45) is 0. The van der Waals surface area contributed by atoms with E-state index in [0.717, 1.165) is 5.56 Å². The molecule has 0 aromatic heterocycles. The van der Waals surface area contributed by atoms with Crippen LogP contribution in [0.2, 0.25) is 0 Å². The molecule has 0 heterocycles. The standard InChI is InChI=1S/C30H30O/c1-21(24-13-7-4-8-14-24)27-19-20-28(31)30(23(3)26-17-11-6-12-18-26)29(27)22(2)25-15-9-5-10-16-25/h4-23,31H,1-3H3/t21-,22+,23+/m1/s1. The molecule has 4 aromatic carbocycles. The number of phenols is 1. The lowest BCUT2D eigenvalue weighted by atomic mass is 9.76. The van der Waals surface area contributed by atoms with Crippen molar-refractivity contribution in [1.29, 1.82) is 0 Å². The molecular weight excluding hydrogens is 376 g/mol. The molecule has 1 heteroatoms. The minimum Gasteiger partial charge on any atom is -0.508 e. The normalized spacial score (nSPS) is 14.0. The highest BCUT2D eigenvalue weighted by Crippen LogP contribution is 2.44. The van der Waals surface area contributed by atoms with Gasteiger partial charge in [0.2, 0.25) is 0 Å². The van der Waals surface area contributed by atoms with E-state index in [2.05, 4.69) is 112 Å². The van der Waals surface area contributed by atoms with Gasteiger partial charge in [0.25, 0.3) is 0 Å². The van der Waals surface area contributed by atoms with Crippen molar-refractivity contribution in [2.45, 2.75) is 38.5 Å². The van der Waals surface area contributed by atoms with E-state index in [9.17, 15) is 5.11 Å². The van der Waals surface area contributed by atoms with E-state index in [-0.39, 0.29) is 17.8 Å². The van der Waals surface area contributed by atoms with Gasteiger partial charge in [-0.15, -0.1) is 0 Å². The summed E-state index contributed by atoms with van der Waals surface area (Å²) in [5.41, 5.74) is 7.30. The molecule has 0 aliphatic carbocycles. The molecule has 156 valence electrons. The smallest absolute Gasteiger partial charge is 0.119 e. The Bertz CT molecular complexity index is 1120. The molecule has 0 aliphatic rings. The van der Waals surface area contributed by atoms with Crippen LogP contribution >= 0.6 is 0 Å². The molecule has 0 bridgehead atoms. The molecule has 4 aromatic rings. The molecule has 0 radical (unpaired) electrons. The topological polar surface area (TPSA) is 20.2 Å². The Labute approximate surface area is 186 Å². The van der Waals surface area contributed by atoms with E-state index in [1.807, 2.05) is 12.1 Å². The second kappa shape index (κ2) is 9.22. The Morgan fingerprint density at radius 1 is 0.452 bits per heavy atom. The van der Waals surface area contributed by atoms with Crippen LogP contribution in [0.1, 0.15) is 71.9 Å². The fraction of sp³-hybridized carbons (Fsp3) is 0.200. The van der Waals surface area contributed by atoms with Crippen LogP contribution in [-0.4, -0.2) is 5.11 Å². The molecule has 3 atom stereocenters.